The Labute approximate surface area is 208 Å². The molecule has 0 radical (unpaired) electrons. The lowest BCUT2D eigenvalue weighted by Gasteiger charge is -2.29. The molecule has 9 nitrogen and oxygen atoms in total. The van der Waals surface area contributed by atoms with E-state index in [2.05, 4.69) is 6.92 Å². The molecule has 0 spiro atoms. The molecule has 11 heteroatoms. The number of benzene rings is 1. The van der Waals surface area contributed by atoms with E-state index in [9.17, 15) is 14.3 Å². The molecule has 1 aromatic carbocycles. The van der Waals surface area contributed by atoms with Gasteiger partial charge in [0.15, 0.2) is 0 Å². The number of phosphoric ester groups is 1. The molecule has 0 saturated heterocycles. The molecule has 198 valence electrons. The smallest absolute Gasteiger partial charge is 0.472 e. The van der Waals surface area contributed by atoms with Gasteiger partial charge in [-0.1, -0.05) is 37.8 Å². The van der Waals surface area contributed by atoms with Crippen LogP contribution in [-0.4, -0.2) is 72.4 Å². The fourth-order valence-corrected chi connectivity index (χ4v) is 4.46. The van der Waals surface area contributed by atoms with Crippen molar-refractivity contribution in [1.82, 2.24) is 0 Å². The first kappa shape index (κ1) is 32.8. The maximum absolute atomic E-state index is 12.2. The SMILES string of the molecule is CCC(CCCCCCCOP(=O)(O)OC(CC(=O)O)C[N+](C)(C)C)Oc1ccc(Cl)cc1.[OH-]. The number of carboxylic acid groups (broad SMARTS) is 1. The van der Waals surface area contributed by atoms with Crippen LogP contribution in [-0.2, 0) is 18.4 Å². The van der Waals surface area contributed by atoms with Crippen molar-refractivity contribution in [2.75, 3.05) is 34.3 Å². The maximum atomic E-state index is 12.2. The number of likely N-dealkylation sites (N-methyl/N-ethyl adjacent to an activating group) is 1. The summed E-state index contributed by atoms with van der Waals surface area (Å²) in [4.78, 5) is 21.0. The molecule has 3 N–H and O–H groups in total. The number of carbonyl (C=O) groups is 1. The van der Waals surface area contributed by atoms with Gasteiger partial charge in [0.05, 0.1) is 40.3 Å². The molecule has 0 aromatic heterocycles. The third kappa shape index (κ3) is 16.4. The highest BCUT2D eigenvalue weighted by atomic mass is 35.5. The van der Waals surface area contributed by atoms with Gasteiger partial charge in [0.1, 0.15) is 18.4 Å². The van der Waals surface area contributed by atoms with E-state index in [0.29, 0.717) is 15.9 Å². The molecule has 0 fully saturated rings. The van der Waals surface area contributed by atoms with Crippen molar-refractivity contribution in [3.05, 3.63) is 29.3 Å². The Kier molecular flexibility index (Phi) is 15.9. The second-order valence-electron chi connectivity index (χ2n) is 9.26. The number of nitrogens with zero attached hydrogens (tertiary/aromatic N) is 1. The van der Waals surface area contributed by atoms with Crippen molar-refractivity contribution < 1.29 is 43.1 Å². The number of carboxylic acids is 1. The fraction of sp³-hybridized carbons (Fsp3) is 0.696. The van der Waals surface area contributed by atoms with Crippen molar-refractivity contribution in [2.24, 2.45) is 0 Å². The molecule has 3 atom stereocenters. The minimum Gasteiger partial charge on any atom is -0.870 e. The number of ether oxygens (including phenoxy) is 1. The average molecular weight is 526 g/mol. The number of unbranched alkanes of at least 4 members (excludes halogenated alkanes) is 4. The van der Waals surface area contributed by atoms with Gasteiger partial charge in [-0.3, -0.25) is 13.8 Å². The van der Waals surface area contributed by atoms with Gasteiger partial charge in [-0.05, 0) is 49.9 Å². The third-order valence-electron chi connectivity index (χ3n) is 4.93. The number of rotatable bonds is 18. The molecule has 0 saturated carbocycles. The van der Waals surface area contributed by atoms with E-state index >= 15 is 0 Å². The largest absolute Gasteiger partial charge is 0.870 e. The lowest BCUT2D eigenvalue weighted by Crippen LogP contribution is -2.42. The van der Waals surface area contributed by atoms with E-state index in [0.717, 1.165) is 44.3 Å². The van der Waals surface area contributed by atoms with Crippen molar-refractivity contribution in [2.45, 2.75) is 70.5 Å². The van der Waals surface area contributed by atoms with E-state index in [1.807, 2.05) is 45.4 Å². The summed E-state index contributed by atoms with van der Waals surface area (Å²) in [6.45, 7) is 2.48. The average Bonchev–Trinajstić information content (AvgIpc) is 2.68. The van der Waals surface area contributed by atoms with Crippen LogP contribution in [0, 0.1) is 0 Å². The highest BCUT2D eigenvalue weighted by Gasteiger charge is 2.31. The summed E-state index contributed by atoms with van der Waals surface area (Å²) in [7, 11) is 1.26. The Morgan fingerprint density at radius 2 is 1.65 bits per heavy atom. The van der Waals surface area contributed by atoms with Gasteiger partial charge in [-0.2, -0.15) is 0 Å². The standard InChI is InChI=1S/C23H39ClNO7P.H2O/c1-5-20(31-21-14-12-19(24)13-15-21)11-9-7-6-8-10-16-30-33(28,29)32-22(17-23(26)27)18-25(2,3)4;/h12-15,20,22H,5-11,16-18H2,1-4H3,(H-,26,27,28,29);1H2. The van der Waals surface area contributed by atoms with Crippen LogP contribution in [0.3, 0.4) is 0 Å². The molecule has 34 heavy (non-hydrogen) atoms. The van der Waals surface area contributed by atoms with Crippen molar-refractivity contribution in [3.8, 4) is 5.75 Å². The summed E-state index contributed by atoms with van der Waals surface area (Å²) >= 11 is 5.90. The highest BCUT2D eigenvalue weighted by molar-refractivity contribution is 7.47. The van der Waals surface area contributed by atoms with Crippen LogP contribution in [0.15, 0.2) is 24.3 Å². The summed E-state index contributed by atoms with van der Waals surface area (Å²) in [5, 5.41) is 9.70. The van der Waals surface area contributed by atoms with Crippen LogP contribution >= 0.6 is 19.4 Å². The molecule has 1 rings (SSSR count). The van der Waals surface area contributed by atoms with E-state index in [4.69, 9.17) is 30.5 Å². The zero-order chi connectivity index (χ0) is 24.9. The van der Waals surface area contributed by atoms with Gasteiger partial charge in [-0.25, -0.2) is 4.57 Å². The van der Waals surface area contributed by atoms with Crippen molar-refractivity contribution in [1.29, 1.82) is 0 Å². The van der Waals surface area contributed by atoms with Gasteiger partial charge in [-0.15, -0.1) is 0 Å². The predicted octanol–water partition coefficient (Wildman–Crippen LogP) is 5.34. The summed E-state index contributed by atoms with van der Waals surface area (Å²) in [6, 6.07) is 7.39. The maximum Gasteiger partial charge on any atom is 0.472 e. The number of hydrogen-bond donors (Lipinski definition) is 2. The number of quaternary nitrogens is 1. The van der Waals surface area contributed by atoms with E-state index < -0.39 is 19.9 Å². The number of phosphoric acid groups is 1. The third-order valence-corrected chi connectivity index (χ3v) is 6.26. The lowest BCUT2D eigenvalue weighted by atomic mass is 10.1. The normalized spacial score (nSPS) is 15.1. The molecule has 1 aromatic rings. The molecule has 0 aliphatic carbocycles. The van der Waals surface area contributed by atoms with Gasteiger partial charge in [0.25, 0.3) is 0 Å². The summed E-state index contributed by atoms with van der Waals surface area (Å²) in [6.07, 6.45) is 5.36. The number of halogens is 1. The van der Waals surface area contributed by atoms with Crippen molar-refractivity contribution in [3.63, 3.8) is 0 Å². The summed E-state index contributed by atoms with van der Waals surface area (Å²) in [5.74, 6) is -0.261. The van der Waals surface area contributed by atoms with Gasteiger partial charge >= 0.3 is 13.8 Å². The van der Waals surface area contributed by atoms with Crippen LogP contribution in [0.4, 0.5) is 0 Å². The summed E-state index contributed by atoms with van der Waals surface area (Å²) in [5.41, 5.74) is 0. The Bertz CT molecular complexity index is 741. The van der Waals surface area contributed by atoms with Crippen LogP contribution < -0.4 is 4.74 Å². The first-order valence-corrected chi connectivity index (χ1v) is 13.4. The van der Waals surface area contributed by atoms with Crippen LogP contribution in [0.2, 0.25) is 5.02 Å². The predicted molar refractivity (Wildman–Crippen MR) is 132 cm³/mol. The Hall–Kier alpha value is -1.19. The molecule has 0 aliphatic heterocycles. The minimum atomic E-state index is -4.30. The Balaban J connectivity index is 0.0000109. The molecular weight excluding hydrogens is 485 g/mol. The van der Waals surface area contributed by atoms with Crippen LogP contribution in [0.1, 0.15) is 58.3 Å². The molecule has 0 aliphatic rings. The van der Waals surface area contributed by atoms with Crippen molar-refractivity contribution >= 4 is 25.4 Å². The highest BCUT2D eigenvalue weighted by Crippen LogP contribution is 2.45. The monoisotopic (exact) mass is 525 g/mol. The molecule has 3 unspecified atom stereocenters. The minimum absolute atomic E-state index is 0. The molecule has 0 bridgehead atoms. The quantitative estimate of drug-likeness (QED) is 0.149. The zero-order valence-electron chi connectivity index (χ0n) is 20.7. The van der Waals surface area contributed by atoms with E-state index in [1.54, 1.807) is 0 Å². The first-order chi connectivity index (χ1) is 15.4. The topological polar surface area (TPSA) is 132 Å². The molecule has 0 heterocycles. The molecule has 0 amide bonds. The lowest BCUT2D eigenvalue weighted by molar-refractivity contribution is -0.873. The zero-order valence-corrected chi connectivity index (χ0v) is 22.3. The molecular formula is C23H41ClNO8P. The van der Waals surface area contributed by atoms with Crippen LogP contribution in [0.25, 0.3) is 0 Å². The van der Waals surface area contributed by atoms with Gasteiger partial charge < -0.3 is 24.7 Å². The Morgan fingerprint density at radius 3 is 2.21 bits per heavy atom. The van der Waals surface area contributed by atoms with E-state index in [-0.39, 0.29) is 31.2 Å². The second kappa shape index (κ2) is 16.5. The first-order valence-electron chi connectivity index (χ1n) is 11.5. The number of aliphatic carboxylic acids is 1. The fourth-order valence-electron chi connectivity index (χ4n) is 3.40. The second-order valence-corrected chi connectivity index (χ2v) is 11.1. The van der Waals surface area contributed by atoms with Gasteiger partial charge in [0.2, 0.25) is 0 Å². The summed E-state index contributed by atoms with van der Waals surface area (Å²) < 4.78 is 28.8. The van der Waals surface area contributed by atoms with E-state index in [1.165, 1.54) is 0 Å². The van der Waals surface area contributed by atoms with Gasteiger partial charge in [0, 0.05) is 5.02 Å². The number of hydrogen-bond acceptors (Lipinski definition) is 6. The Morgan fingerprint density at radius 1 is 1.06 bits per heavy atom. The van der Waals surface area contributed by atoms with Crippen LogP contribution in [0.5, 0.6) is 5.75 Å².